The molecule has 1 aromatic carbocycles. The van der Waals surface area contributed by atoms with Crippen molar-refractivity contribution in [2.45, 2.75) is 202 Å². The van der Waals surface area contributed by atoms with E-state index in [2.05, 4.69) is 0 Å². The molecule has 0 saturated carbocycles. The highest BCUT2D eigenvalue weighted by molar-refractivity contribution is 5.96. The average molecular weight is 1100 g/mol. The molecule has 20 heteroatoms. The van der Waals surface area contributed by atoms with Gasteiger partial charge in [0.1, 0.15) is 18.1 Å². The van der Waals surface area contributed by atoms with E-state index >= 15 is 0 Å². The van der Waals surface area contributed by atoms with Gasteiger partial charge in [0.2, 0.25) is 0 Å². The van der Waals surface area contributed by atoms with Crippen LogP contribution in [-0.2, 0) is 28.5 Å². The molecule has 0 aliphatic carbocycles. The summed E-state index contributed by atoms with van der Waals surface area (Å²) in [7, 11) is 0. The maximum Gasteiger partial charge on any atom is 0.311 e. The zero-order chi connectivity index (χ0) is 57.5. The Morgan fingerprint density at radius 1 is 0.731 bits per heavy atom. The first kappa shape index (κ1) is 65.8. The molecule has 0 unspecified atom stereocenters. The third-order valence-electron chi connectivity index (χ3n) is 14.3. The SMILES string of the molecule is C[C@@H]1C=CC=CC=CC=CC=CC=CC=C[C@@H](O[C@@H]2O[C@H](C)[C@@H](O)[C@H](N)[C@@H]2O)C[C@H]2O[C@](O)(C[C@H](O)C[C@H](O)C[C@@H](O)CCC[C@@H](O)C[C@@H](O)CC(=O)O[C@H]1[C@H](C)CC[C@H](O)CC(=O)c1ccc(N)cc1)C[C@H](O)[C@@H]2C(=O)O. The van der Waals surface area contributed by atoms with Gasteiger partial charge in [-0.15, -0.1) is 0 Å². The van der Waals surface area contributed by atoms with Gasteiger partial charge in [-0.25, -0.2) is 0 Å². The number of carboxylic acids is 1. The van der Waals surface area contributed by atoms with Crippen LogP contribution in [0.3, 0.4) is 0 Å². The zero-order valence-electron chi connectivity index (χ0n) is 44.9. The van der Waals surface area contributed by atoms with Crippen LogP contribution in [0, 0.1) is 17.8 Å². The number of ketones is 1. The van der Waals surface area contributed by atoms with Crippen LogP contribution in [-0.4, -0.2) is 171 Å². The molecule has 3 heterocycles. The highest BCUT2D eigenvalue weighted by atomic mass is 16.7. The monoisotopic (exact) mass is 1100 g/mol. The number of nitrogen functional groups attached to an aromatic ring is 1. The van der Waals surface area contributed by atoms with Crippen molar-refractivity contribution in [1.29, 1.82) is 0 Å². The number of benzene rings is 1. The summed E-state index contributed by atoms with van der Waals surface area (Å²) in [6.45, 7) is 5.29. The Kier molecular flexibility index (Phi) is 27.9. The molecule has 2 fully saturated rings. The molecule has 3 aliphatic rings. The van der Waals surface area contributed by atoms with Gasteiger partial charge in [0.05, 0.1) is 79.6 Å². The van der Waals surface area contributed by atoms with Crippen molar-refractivity contribution in [3.63, 3.8) is 0 Å². The maximum absolute atomic E-state index is 13.3. The fourth-order valence-electron chi connectivity index (χ4n) is 9.95. The standard InChI is InChI=1S/C58H86N2O18/c1-35-17-14-12-10-8-6-4-5-7-9-11-13-15-20-46(76-57-54(71)52(60)53(70)37(3)75-57)32-49-51(56(72)73)48(68)34-58(74,78-49)33-45(66)29-43(64)27-40(61)18-16-19-41(62)28-44(65)31-50(69)77-55(35)36(2)21-26-42(63)30-47(67)38-22-24-39(59)25-23-38/h4-15,17,20,22-25,35-37,40-46,48-49,51-55,57,61-66,68,70-71,74H,16,18-19,21,26-34,59-60H2,1-3H3,(H,72,73)/t35-,36-,37-,40+,41-,42+,43-,44-,45-,46-,48+,49-,51+,52+,53-,54+,55-,57+,58-/m1/s1. The molecule has 19 atom stereocenters. The number of cyclic esters (lactones) is 1. The second-order valence-corrected chi connectivity index (χ2v) is 21.2. The Bertz CT molecular complexity index is 2200. The summed E-state index contributed by atoms with van der Waals surface area (Å²) in [6, 6.07) is 5.30. The molecule has 436 valence electrons. The zero-order valence-corrected chi connectivity index (χ0v) is 44.9. The number of nitrogens with two attached hydrogens (primary N) is 2. The molecule has 0 amide bonds. The molecular formula is C58H86N2O18. The van der Waals surface area contributed by atoms with E-state index in [1.54, 1.807) is 97.2 Å². The number of hydrogen-bond acceptors (Lipinski definition) is 19. The van der Waals surface area contributed by atoms with Crippen LogP contribution in [0.15, 0.2) is 109 Å². The number of esters is 1. The number of fused-ring (bicyclic) bond motifs is 2. The Hall–Kier alpha value is -4.75. The van der Waals surface area contributed by atoms with Gasteiger partial charge in [-0.2, -0.15) is 0 Å². The number of rotatable bonds is 10. The van der Waals surface area contributed by atoms with E-state index in [9.17, 15) is 70.6 Å². The van der Waals surface area contributed by atoms with Crippen LogP contribution < -0.4 is 11.5 Å². The first-order valence-corrected chi connectivity index (χ1v) is 27.0. The van der Waals surface area contributed by atoms with Crippen molar-refractivity contribution in [3.8, 4) is 0 Å². The Labute approximate surface area is 457 Å². The van der Waals surface area contributed by atoms with Crippen molar-refractivity contribution < 1.29 is 89.5 Å². The molecule has 0 aromatic heterocycles. The summed E-state index contributed by atoms with van der Waals surface area (Å²) in [6.07, 6.45) is 5.92. The van der Waals surface area contributed by atoms with E-state index in [0.717, 1.165) is 0 Å². The minimum absolute atomic E-state index is 0.101. The lowest BCUT2D eigenvalue weighted by Crippen LogP contribution is -2.61. The van der Waals surface area contributed by atoms with Crippen LogP contribution in [0.2, 0.25) is 0 Å². The first-order chi connectivity index (χ1) is 36.9. The molecule has 20 nitrogen and oxygen atoms in total. The summed E-state index contributed by atoms with van der Waals surface area (Å²) in [5.41, 5.74) is 12.7. The van der Waals surface area contributed by atoms with Gasteiger partial charge >= 0.3 is 11.9 Å². The lowest BCUT2D eigenvalue weighted by molar-refractivity contribution is -0.308. The molecule has 15 N–H and O–H groups in total. The van der Waals surface area contributed by atoms with Gasteiger partial charge in [0.15, 0.2) is 17.9 Å². The molecular weight excluding hydrogens is 1010 g/mol. The van der Waals surface area contributed by atoms with Gasteiger partial charge < -0.3 is 86.6 Å². The number of aliphatic carboxylic acids is 1. The number of allylic oxidation sites excluding steroid dienone is 12. The minimum Gasteiger partial charge on any atom is -0.481 e. The number of anilines is 1. The molecule has 78 heavy (non-hydrogen) atoms. The molecule has 3 aliphatic heterocycles. The Morgan fingerprint density at radius 3 is 1.87 bits per heavy atom. The Morgan fingerprint density at radius 2 is 1.28 bits per heavy atom. The lowest BCUT2D eigenvalue weighted by atomic mass is 9.82. The molecule has 0 radical (unpaired) electrons. The highest BCUT2D eigenvalue weighted by Gasteiger charge is 2.51. The van der Waals surface area contributed by atoms with Crippen molar-refractivity contribution in [2.75, 3.05) is 5.73 Å². The normalized spacial score (nSPS) is 35.8. The topological polar surface area (TPSA) is 363 Å². The lowest BCUT2D eigenvalue weighted by Gasteiger charge is -2.45. The predicted octanol–water partition coefficient (Wildman–Crippen LogP) is 3.11. The Balaban J connectivity index is 1.52. The number of aliphatic hydroxyl groups is 10. The van der Waals surface area contributed by atoms with Gasteiger partial charge in [-0.3, -0.25) is 14.4 Å². The third-order valence-corrected chi connectivity index (χ3v) is 14.3. The maximum atomic E-state index is 13.3. The van der Waals surface area contributed by atoms with E-state index in [4.69, 9.17) is 30.4 Å². The average Bonchev–Trinajstić information content (AvgIpc) is 3.37. The fourth-order valence-corrected chi connectivity index (χ4v) is 9.95. The minimum atomic E-state index is -2.29. The third kappa shape index (κ3) is 22.8. The van der Waals surface area contributed by atoms with Crippen LogP contribution in [0.1, 0.15) is 115 Å². The van der Waals surface area contributed by atoms with Crippen LogP contribution in [0.5, 0.6) is 0 Å². The number of aliphatic hydroxyl groups excluding tert-OH is 9. The van der Waals surface area contributed by atoms with Crippen molar-refractivity contribution in [1.82, 2.24) is 0 Å². The second kappa shape index (κ2) is 33.1. The van der Waals surface area contributed by atoms with E-state index in [-0.39, 0.29) is 75.4 Å². The number of Topliss-reactive ketones (excluding diaryl/α,β-unsaturated/α-hetero) is 1. The van der Waals surface area contributed by atoms with E-state index in [1.807, 2.05) is 19.9 Å². The molecule has 2 bridgehead atoms. The first-order valence-electron chi connectivity index (χ1n) is 27.0. The van der Waals surface area contributed by atoms with E-state index in [0.29, 0.717) is 17.7 Å². The van der Waals surface area contributed by atoms with Crippen LogP contribution in [0.25, 0.3) is 0 Å². The fraction of sp³-hybridized carbons (Fsp3) is 0.603. The van der Waals surface area contributed by atoms with Gasteiger partial charge in [0.25, 0.3) is 0 Å². The number of carbonyl (C=O) groups is 3. The van der Waals surface area contributed by atoms with Crippen LogP contribution in [0.4, 0.5) is 5.69 Å². The quantitative estimate of drug-likeness (QED) is 0.0909. The summed E-state index contributed by atoms with van der Waals surface area (Å²) in [5, 5.41) is 119. The van der Waals surface area contributed by atoms with E-state index < -0.39 is 135 Å². The molecule has 0 spiro atoms. The number of ether oxygens (including phenoxy) is 4. The second-order valence-electron chi connectivity index (χ2n) is 21.2. The number of carbonyl (C=O) groups excluding carboxylic acids is 2. The van der Waals surface area contributed by atoms with Crippen molar-refractivity contribution >= 4 is 23.4 Å². The highest BCUT2D eigenvalue weighted by Crippen LogP contribution is 2.38. The van der Waals surface area contributed by atoms with Crippen LogP contribution >= 0.6 is 0 Å². The van der Waals surface area contributed by atoms with Gasteiger partial charge in [-0.05, 0) is 88.5 Å². The largest absolute Gasteiger partial charge is 0.481 e. The van der Waals surface area contributed by atoms with E-state index in [1.165, 1.54) is 13.0 Å². The predicted molar refractivity (Wildman–Crippen MR) is 290 cm³/mol. The smallest absolute Gasteiger partial charge is 0.311 e. The van der Waals surface area contributed by atoms with Gasteiger partial charge in [-0.1, -0.05) is 98.9 Å². The molecule has 1 aromatic rings. The summed E-state index contributed by atoms with van der Waals surface area (Å²) < 4.78 is 23.8. The summed E-state index contributed by atoms with van der Waals surface area (Å²) in [4.78, 5) is 38.6. The summed E-state index contributed by atoms with van der Waals surface area (Å²) >= 11 is 0. The molecule has 2 saturated heterocycles. The van der Waals surface area contributed by atoms with Gasteiger partial charge in [0, 0.05) is 42.9 Å². The number of hydrogen-bond donors (Lipinski definition) is 13. The summed E-state index contributed by atoms with van der Waals surface area (Å²) in [5.74, 6) is -6.83. The van der Waals surface area contributed by atoms with Crippen molar-refractivity contribution in [3.05, 3.63) is 115 Å². The van der Waals surface area contributed by atoms with Crippen molar-refractivity contribution in [2.24, 2.45) is 23.5 Å². The number of carboxylic acid groups (broad SMARTS) is 1. The molecule has 4 rings (SSSR count).